The van der Waals surface area contributed by atoms with Crippen LogP contribution in [-0.2, 0) is 9.53 Å². The Hall–Kier alpha value is -0.790. The van der Waals surface area contributed by atoms with Crippen molar-refractivity contribution in [1.82, 2.24) is 0 Å². The summed E-state index contributed by atoms with van der Waals surface area (Å²) in [5.41, 5.74) is 0.0524. The molecule has 2 nitrogen and oxygen atoms in total. The number of rotatable bonds is 3. The standard InChI is InChI=1S/C9H16O2/c1-5-6-8(10)11-7-9(2,3)4/h5H,1,6-7H2,2-4H3. The minimum Gasteiger partial charge on any atom is -0.465 e. The van der Waals surface area contributed by atoms with Crippen molar-refractivity contribution in [3.63, 3.8) is 0 Å². The van der Waals surface area contributed by atoms with Crippen molar-refractivity contribution in [3.8, 4) is 0 Å². The molecule has 0 radical (unpaired) electrons. The van der Waals surface area contributed by atoms with E-state index in [1.807, 2.05) is 20.8 Å². The van der Waals surface area contributed by atoms with E-state index < -0.39 is 0 Å². The number of hydrogen-bond donors (Lipinski definition) is 0. The van der Waals surface area contributed by atoms with Crippen LogP contribution in [0.15, 0.2) is 12.7 Å². The molecule has 0 aromatic rings. The molecule has 64 valence electrons. The second-order valence-electron chi connectivity index (χ2n) is 3.71. The van der Waals surface area contributed by atoms with Crippen molar-refractivity contribution >= 4 is 5.97 Å². The molecule has 0 bridgehead atoms. The first kappa shape index (κ1) is 10.2. The summed E-state index contributed by atoms with van der Waals surface area (Å²) in [6.07, 6.45) is 1.85. The van der Waals surface area contributed by atoms with Crippen molar-refractivity contribution < 1.29 is 9.53 Å². The Morgan fingerprint density at radius 3 is 2.45 bits per heavy atom. The number of carbonyl (C=O) groups excluding carboxylic acids is 1. The maximum absolute atomic E-state index is 10.8. The number of carbonyl (C=O) groups is 1. The molecule has 0 aliphatic heterocycles. The van der Waals surface area contributed by atoms with Crippen LogP contribution in [0.4, 0.5) is 0 Å². The van der Waals surface area contributed by atoms with Crippen LogP contribution < -0.4 is 0 Å². The predicted octanol–water partition coefficient (Wildman–Crippen LogP) is 2.15. The first-order chi connectivity index (χ1) is 4.95. The molecule has 0 rings (SSSR count). The van der Waals surface area contributed by atoms with Crippen LogP contribution in [0, 0.1) is 5.41 Å². The molecule has 0 aromatic heterocycles. The van der Waals surface area contributed by atoms with E-state index in [0.717, 1.165) is 0 Å². The lowest BCUT2D eigenvalue weighted by Crippen LogP contribution is -2.17. The van der Waals surface area contributed by atoms with Crippen molar-refractivity contribution in [1.29, 1.82) is 0 Å². The van der Waals surface area contributed by atoms with Gasteiger partial charge in [-0.2, -0.15) is 0 Å². The fourth-order valence-corrected chi connectivity index (χ4v) is 0.474. The van der Waals surface area contributed by atoms with E-state index >= 15 is 0 Å². The van der Waals surface area contributed by atoms with Crippen LogP contribution in [0.3, 0.4) is 0 Å². The monoisotopic (exact) mass is 156 g/mol. The summed E-state index contributed by atoms with van der Waals surface area (Å²) in [6, 6.07) is 0. The highest BCUT2D eigenvalue weighted by atomic mass is 16.5. The number of hydrogen-bond acceptors (Lipinski definition) is 2. The van der Waals surface area contributed by atoms with Crippen LogP contribution >= 0.6 is 0 Å². The summed E-state index contributed by atoms with van der Waals surface area (Å²) >= 11 is 0. The van der Waals surface area contributed by atoms with Crippen molar-refractivity contribution in [2.24, 2.45) is 5.41 Å². The summed E-state index contributed by atoms with van der Waals surface area (Å²) in [7, 11) is 0. The molecule has 0 aliphatic rings. The lowest BCUT2D eigenvalue weighted by atomic mass is 9.99. The highest BCUT2D eigenvalue weighted by Crippen LogP contribution is 2.12. The van der Waals surface area contributed by atoms with Gasteiger partial charge in [0.15, 0.2) is 0 Å². The van der Waals surface area contributed by atoms with Gasteiger partial charge in [-0.05, 0) is 5.41 Å². The number of ether oxygens (including phenoxy) is 1. The van der Waals surface area contributed by atoms with E-state index in [-0.39, 0.29) is 11.4 Å². The molecule has 0 saturated carbocycles. The Morgan fingerprint density at radius 1 is 1.55 bits per heavy atom. The summed E-state index contributed by atoms with van der Waals surface area (Å²) in [5.74, 6) is -0.199. The molecule has 0 amide bonds. The summed E-state index contributed by atoms with van der Waals surface area (Å²) < 4.78 is 4.94. The maximum atomic E-state index is 10.8. The van der Waals surface area contributed by atoms with Gasteiger partial charge in [0.1, 0.15) is 0 Å². The fraction of sp³-hybridized carbons (Fsp3) is 0.667. The normalized spacial score (nSPS) is 10.8. The van der Waals surface area contributed by atoms with Gasteiger partial charge >= 0.3 is 5.97 Å². The second-order valence-corrected chi connectivity index (χ2v) is 3.71. The maximum Gasteiger partial charge on any atom is 0.309 e. The van der Waals surface area contributed by atoms with Gasteiger partial charge in [-0.1, -0.05) is 26.8 Å². The van der Waals surface area contributed by atoms with E-state index in [4.69, 9.17) is 4.74 Å². The van der Waals surface area contributed by atoms with Crippen LogP contribution in [0.5, 0.6) is 0 Å². The smallest absolute Gasteiger partial charge is 0.309 e. The molecule has 0 unspecified atom stereocenters. The van der Waals surface area contributed by atoms with E-state index in [2.05, 4.69) is 6.58 Å². The van der Waals surface area contributed by atoms with Crippen molar-refractivity contribution in [2.75, 3.05) is 6.61 Å². The van der Waals surface area contributed by atoms with Gasteiger partial charge in [0, 0.05) is 0 Å². The van der Waals surface area contributed by atoms with Crippen LogP contribution in [0.25, 0.3) is 0 Å². The Morgan fingerprint density at radius 2 is 2.09 bits per heavy atom. The molecular formula is C9H16O2. The lowest BCUT2D eigenvalue weighted by molar-refractivity contribution is -0.145. The first-order valence-corrected chi connectivity index (χ1v) is 3.72. The Labute approximate surface area is 68.2 Å². The largest absolute Gasteiger partial charge is 0.465 e. The van der Waals surface area contributed by atoms with Gasteiger partial charge in [-0.25, -0.2) is 0 Å². The summed E-state index contributed by atoms with van der Waals surface area (Å²) in [5, 5.41) is 0. The third kappa shape index (κ3) is 7.10. The van der Waals surface area contributed by atoms with E-state index in [1.165, 1.54) is 0 Å². The average molecular weight is 156 g/mol. The summed E-state index contributed by atoms with van der Waals surface area (Å²) in [4.78, 5) is 10.8. The zero-order valence-corrected chi connectivity index (χ0v) is 7.52. The van der Waals surface area contributed by atoms with E-state index in [0.29, 0.717) is 13.0 Å². The topological polar surface area (TPSA) is 26.3 Å². The molecule has 0 heterocycles. The minimum atomic E-state index is -0.199. The van der Waals surface area contributed by atoms with E-state index in [1.54, 1.807) is 6.08 Å². The Bertz CT molecular complexity index is 142. The molecule has 2 heteroatoms. The summed E-state index contributed by atoms with van der Waals surface area (Å²) in [6.45, 7) is 9.98. The first-order valence-electron chi connectivity index (χ1n) is 3.72. The quantitative estimate of drug-likeness (QED) is 0.462. The van der Waals surface area contributed by atoms with Gasteiger partial charge in [0.2, 0.25) is 0 Å². The highest BCUT2D eigenvalue weighted by molar-refractivity contribution is 5.70. The van der Waals surface area contributed by atoms with Gasteiger partial charge in [-0.3, -0.25) is 4.79 Å². The predicted molar refractivity (Wildman–Crippen MR) is 45.2 cm³/mol. The molecule has 11 heavy (non-hydrogen) atoms. The van der Waals surface area contributed by atoms with Gasteiger partial charge in [-0.15, -0.1) is 6.58 Å². The number of esters is 1. The van der Waals surface area contributed by atoms with Gasteiger partial charge in [0.25, 0.3) is 0 Å². The van der Waals surface area contributed by atoms with Crippen molar-refractivity contribution in [2.45, 2.75) is 27.2 Å². The molecule has 0 aliphatic carbocycles. The molecule has 0 N–H and O–H groups in total. The van der Waals surface area contributed by atoms with Gasteiger partial charge in [0.05, 0.1) is 13.0 Å². The zero-order valence-electron chi connectivity index (χ0n) is 7.52. The van der Waals surface area contributed by atoms with Gasteiger partial charge < -0.3 is 4.74 Å². The molecular weight excluding hydrogens is 140 g/mol. The lowest BCUT2D eigenvalue weighted by Gasteiger charge is -2.17. The SMILES string of the molecule is C=CCC(=O)OCC(C)(C)C. The molecule has 0 spiro atoms. The molecule has 0 saturated heterocycles. The molecule has 0 aromatic carbocycles. The third-order valence-corrected chi connectivity index (χ3v) is 0.977. The average Bonchev–Trinajstić information content (AvgIpc) is 1.83. The minimum absolute atomic E-state index is 0.0524. The van der Waals surface area contributed by atoms with Crippen LogP contribution in [-0.4, -0.2) is 12.6 Å². The highest BCUT2D eigenvalue weighted by Gasteiger charge is 2.12. The Balaban J connectivity index is 3.54. The second kappa shape index (κ2) is 4.16. The van der Waals surface area contributed by atoms with E-state index in [9.17, 15) is 4.79 Å². The molecule has 0 atom stereocenters. The third-order valence-electron chi connectivity index (χ3n) is 0.977. The fourth-order valence-electron chi connectivity index (χ4n) is 0.474. The van der Waals surface area contributed by atoms with Crippen LogP contribution in [0.1, 0.15) is 27.2 Å². The van der Waals surface area contributed by atoms with Crippen molar-refractivity contribution in [3.05, 3.63) is 12.7 Å². The molecule has 0 fully saturated rings. The van der Waals surface area contributed by atoms with Crippen LogP contribution in [0.2, 0.25) is 0 Å². The zero-order chi connectivity index (χ0) is 8.91. The Kier molecular flexibility index (Phi) is 3.86.